The zero-order valence-electron chi connectivity index (χ0n) is 11.8. The molecule has 1 aromatic carbocycles. The fourth-order valence-electron chi connectivity index (χ4n) is 2.13. The average Bonchev–Trinajstić information content (AvgIpc) is 3.05. The second-order valence-electron chi connectivity index (χ2n) is 4.91. The van der Waals surface area contributed by atoms with Crippen LogP contribution in [0, 0.1) is 12.7 Å². The van der Waals surface area contributed by atoms with E-state index in [0.29, 0.717) is 5.56 Å². The molecule has 0 bridgehead atoms. The molecule has 2 aromatic heterocycles. The van der Waals surface area contributed by atoms with Crippen LogP contribution in [0.1, 0.15) is 5.69 Å². The highest BCUT2D eigenvalue weighted by Crippen LogP contribution is 2.37. The van der Waals surface area contributed by atoms with Crippen molar-refractivity contribution in [2.75, 3.05) is 6.26 Å². The number of benzene rings is 1. The molecular formula is C15H12FNO2S3. The van der Waals surface area contributed by atoms with Gasteiger partial charge in [0.15, 0.2) is 9.84 Å². The molecule has 3 nitrogen and oxygen atoms in total. The van der Waals surface area contributed by atoms with Gasteiger partial charge < -0.3 is 0 Å². The van der Waals surface area contributed by atoms with E-state index >= 15 is 0 Å². The molecule has 7 heteroatoms. The first kappa shape index (κ1) is 15.3. The van der Waals surface area contributed by atoms with Crippen molar-refractivity contribution in [1.82, 2.24) is 4.98 Å². The largest absolute Gasteiger partial charge is 0.241 e. The van der Waals surface area contributed by atoms with Gasteiger partial charge >= 0.3 is 0 Å². The Balaban J connectivity index is 2.10. The van der Waals surface area contributed by atoms with Crippen molar-refractivity contribution in [3.8, 4) is 21.7 Å². The number of rotatable bonds is 3. The predicted molar refractivity (Wildman–Crippen MR) is 88.7 cm³/mol. The third-order valence-corrected chi connectivity index (χ3v) is 6.02. The number of hydrogen-bond donors (Lipinski definition) is 0. The maximum atomic E-state index is 14.1. The van der Waals surface area contributed by atoms with E-state index in [9.17, 15) is 12.8 Å². The summed E-state index contributed by atoms with van der Waals surface area (Å²) in [6.07, 6.45) is 0.999. The number of nitrogens with zero attached hydrogens (tertiary/aromatic N) is 1. The van der Waals surface area contributed by atoms with Crippen LogP contribution in [0.25, 0.3) is 21.7 Å². The lowest BCUT2D eigenvalue weighted by atomic mass is 10.1. The van der Waals surface area contributed by atoms with Gasteiger partial charge in [0.05, 0.1) is 0 Å². The van der Waals surface area contributed by atoms with Gasteiger partial charge in [0.2, 0.25) is 0 Å². The number of sulfone groups is 1. The molecule has 0 saturated carbocycles. The summed E-state index contributed by atoms with van der Waals surface area (Å²) in [5.41, 5.74) is 3.39. The summed E-state index contributed by atoms with van der Waals surface area (Å²) >= 11 is 3.04. The summed E-state index contributed by atoms with van der Waals surface area (Å²) in [6, 6.07) is 4.21. The van der Waals surface area contributed by atoms with Crippen LogP contribution in [0.3, 0.4) is 0 Å². The lowest BCUT2D eigenvalue weighted by molar-refractivity contribution is 0.571. The first-order chi connectivity index (χ1) is 10.4. The number of aromatic nitrogens is 1. The molecule has 0 spiro atoms. The van der Waals surface area contributed by atoms with E-state index in [1.54, 1.807) is 6.07 Å². The Bertz CT molecular complexity index is 941. The van der Waals surface area contributed by atoms with E-state index in [-0.39, 0.29) is 4.90 Å². The molecule has 0 N–H and O–H groups in total. The number of thiophene rings is 1. The SMILES string of the molecule is Cc1csc(-c2cscc2-c2ccc(S(C)(=O)=O)c(F)c2)n1. The minimum Gasteiger partial charge on any atom is -0.241 e. The first-order valence-corrected chi connectivity index (χ1v) is 10.1. The molecular weight excluding hydrogens is 341 g/mol. The molecule has 0 aliphatic rings. The molecule has 0 radical (unpaired) electrons. The van der Waals surface area contributed by atoms with E-state index in [4.69, 9.17) is 0 Å². The molecule has 114 valence electrons. The summed E-state index contributed by atoms with van der Waals surface area (Å²) in [5, 5.41) is 6.72. The van der Waals surface area contributed by atoms with Crippen LogP contribution in [-0.2, 0) is 9.84 Å². The van der Waals surface area contributed by atoms with Crippen molar-refractivity contribution in [3.05, 3.63) is 45.9 Å². The topological polar surface area (TPSA) is 47.0 Å². The fourth-order valence-corrected chi connectivity index (χ4v) is 4.61. The van der Waals surface area contributed by atoms with Gasteiger partial charge in [0.25, 0.3) is 0 Å². The Morgan fingerprint density at radius 3 is 2.45 bits per heavy atom. The predicted octanol–water partition coefficient (Wildman–Crippen LogP) is 4.39. The molecule has 0 aliphatic heterocycles. The van der Waals surface area contributed by atoms with Crippen LogP contribution in [-0.4, -0.2) is 19.7 Å². The maximum absolute atomic E-state index is 14.1. The highest BCUT2D eigenvalue weighted by atomic mass is 32.2. The van der Waals surface area contributed by atoms with Gasteiger partial charge in [0, 0.05) is 33.8 Å². The monoisotopic (exact) mass is 353 g/mol. The van der Waals surface area contributed by atoms with Crippen LogP contribution in [0.15, 0.2) is 39.2 Å². The first-order valence-electron chi connectivity index (χ1n) is 6.35. The zero-order chi connectivity index (χ0) is 15.9. The Hall–Kier alpha value is -1.57. The average molecular weight is 353 g/mol. The van der Waals surface area contributed by atoms with E-state index in [1.807, 2.05) is 23.1 Å². The molecule has 0 amide bonds. The van der Waals surface area contributed by atoms with Gasteiger partial charge in [-0.05, 0) is 30.0 Å². The van der Waals surface area contributed by atoms with Crippen molar-refractivity contribution in [2.45, 2.75) is 11.8 Å². The normalized spacial score (nSPS) is 11.8. The zero-order valence-corrected chi connectivity index (χ0v) is 14.3. The van der Waals surface area contributed by atoms with Crippen molar-refractivity contribution >= 4 is 32.5 Å². The third-order valence-electron chi connectivity index (χ3n) is 3.15. The smallest absolute Gasteiger partial charge is 0.178 e. The van der Waals surface area contributed by atoms with Gasteiger partial charge in [-0.15, -0.1) is 11.3 Å². The Morgan fingerprint density at radius 2 is 1.86 bits per heavy atom. The molecule has 3 rings (SSSR count). The van der Waals surface area contributed by atoms with Crippen molar-refractivity contribution in [3.63, 3.8) is 0 Å². The molecule has 2 heterocycles. The van der Waals surface area contributed by atoms with E-state index in [2.05, 4.69) is 4.98 Å². The summed E-state index contributed by atoms with van der Waals surface area (Å²) in [5.74, 6) is -0.729. The van der Waals surface area contributed by atoms with Gasteiger partial charge in [0.1, 0.15) is 15.7 Å². The van der Waals surface area contributed by atoms with Gasteiger partial charge in [-0.2, -0.15) is 11.3 Å². The molecule has 22 heavy (non-hydrogen) atoms. The summed E-state index contributed by atoms with van der Waals surface area (Å²) in [6.45, 7) is 1.92. The van der Waals surface area contributed by atoms with Crippen LogP contribution in [0.4, 0.5) is 4.39 Å². The number of hydrogen-bond acceptors (Lipinski definition) is 5. The molecule has 0 fully saturated rings. The number of aryl methyl sites for hydroxylation is 1. The quantitative estimate of drug-likeness (QED) is 0.701. The Morgan fingerprint density at radius 1 is 1.14 bits per heavy atom. The third kappa shape index (κ3) is 2.84. The molecule has 0 unspecified atom stereocenters. The molecule has 0 saturated heterocycles. The summed E-state index contributed by atoms with van der Waals surface area (Å²) in [4.78, 5) is 4.17. The van der Waals surface area contributed by atoms with Gasteiger partial charge in [-0.3, -0.25) is 0 Å². The van der Waals surface area contributed by atoms with Gasteiger partial charge in [-0.25, -0.2) is 17.8 Å². The number of thiazole rings is 1. The lowest BCUT2D eigenvalue weighted by Crippen LogP contribution is -2.00. The molecule has 0 aliphatic carbocycles. The highest BCUT2D eigenvalue weighted by Gasteiger charge is 2.17. The highest BCUT2D eigenvalue weighted by molar-refractivity contribution is 7.90. The van der Waals surface area contributed by atoms with Crippen molar-refractivity contribution in [1.29, 1.82) is 0 Å². The maximum Gasteiger partial charge on any atom is 0.178 e. The number of halogens is 1. The van der Waals surface area contributed by atoms with Crippen molar-refractivity contribution in [2.24, 2.45) is 0 Å². The van der Waals surface area contributed by atoms with E-state index in [0.717, 1.165) is 28.1 Å². The van der Waals surface area contributed by atoms with Crippen molar-refractivity contribution < 1.29 is 12.8 Å². The molecule has 0 atom stereocenters. The van der Waals surface area contributed by atoms with Crippen LogP contribution >= 0.6 is 22.7 Å². The van der Waals surface area contributed by atoms with E-state index < -0.39 is 15.7 Å². The Labute approximate surface area is 136 Å². The minimum absolute atomic E-state index is 0.280. The summed E-state index contributed by atoms with van der Waals surface area (Å²) in [7, 11) is -3.56. The van der Waals surface area contributed by atoms with E-state index in [1.165, 1.54) is 34.8 Å². The van der Waals surface area contributed by atoms with Gasteiger partial charge in [-0.1, -0.05) is 6.07 Å². The standard InChI is InChI=1S/C15H12FNO2S3/c1-9-6-21-15(17-9)12-8-20-7-11(12)10-3-4-14(13(16)5-10)22(2,18)19/h3-8H,1-2H3. The minimum atomic E-state index is -3.56. The summed E-state index contributed by atoms with van der Waals surface area (Å²) < 4.78 is 37.1. The Kier molecular flexibility index (Phi) is 3.88. The van der Waals surface area contributed by atoms with Crippen LogP contribution < -0.4 is 0 Å². The fraction of sp³-hybridized carbons (Fsp3) is 0.133. The second-order valence-corrected chi connectivity index (χ2v) is 8.50. The second kappa shape index (κ2) is 5.57. The van der Waals surface area contributed by atoms with Crippen LogP contribution in [0.2, 0.25) is 0 Å². The van der Waals surface area contributed by atoms with Crippen LogP contribution in [0.5, 0.6) is 0 Å². The molecule has 3 aromatic rings. The lowest BCUT2D eigenvalue weighted by Gasteiger charge is -2.05.